The summed E-state index contributed by atoms with van der Waals surface area (Å²) in [5.74, 6) is -0.193. The van der Waals surface area contributed by atoms with Gasteiger partial charge >= 0.3 is 6.61 Å². The number of halogens is 2. The highest BCUT2D eigenvalue weighted by atomic mass is 32.2. The summed E-state index contributed by atoms with van der Waals surface area (Å²) in [6.07, 6.45) is 2.84. The van der Waals surface area contributed by atoms with Crippen LogP contribution >= 0.6 is 11.8 Å². The Morgan fingerprint density at radius 3 is 2.57 bits per heavy atom. The maximum atomic E-state index is 12.6. The molecule has 28 heavy (non-hydrogen) atoms. The van der Waals surface area contributed by atoms with Crippen LogP contribution in [0.1, 0.15) is 15.9 Å². The molecule has 0 unspecified atom stereocenters. The zero-order valence-corrected chi connectivity index (χ0v) is 15.4. The van der Waals surface area contributed by atoms with Crippen molar-refractivity contribution >= 4 is 35.0 Å². The van der Waals surface area contributed by atoms with Gasteiger partial charge in [0.2, 0.25) is 0 Å². The predicted molar refractivity (Wildman–Crippen MR) is 107 cm³/mol. The average molecular weight is 395 g/mol. The van der Waals surface area contributed by atoms with E-state index >= 15 is 0 Å². The molecule has 0 saturated heterocycles. The molecule has 0 amide bonds. The van der Waals surface area contributed by atoms with Crippen LogP contribution in [0.5, 0.6) is 5.75 Å². The smallest absolute Gasteiger partial charge is 0.387 e. The molecule has 0 radical (unpaired) electrons. The van der Waals surface area contributed by atoms with Crippen molar-refractivity contribution in [2.45, 2.75) is 16.4 Å². The molecular weight excluding hydrogens is 380 g/mol. The monoisotopic (exact) mass is 395 g/mol. The Balaban J connectivity index is 1.55. The minimum absolute atomic E-state index is 0.0293. The minimum Gasteiger partial charge on any atom is -0.434 e. The van der Waals surface area contributed by atoms with Crippen LogP contribution in [0.4, 0.5) is 20.2 Å². The zero-order valence-electron chi connectivity index (χ0n) is 14.6. The van der Waals surface area contributed by atoms with E-state index in [4.69, 9.17) is 0 Å². The van der Waals surface area contributed by atoms with Gasteiger partial charge in [-0.1, -0.05) is 42.1 Å². The zero-order chi connectivity index (χ0) is 19.5. The van der Waals surface area contributed by atoms with E-state index in [1.165, 1.54) is 18.2 Å². The number of hydrogen-bond acceptors (Lipinski definition) is 4. The topological polar surface area (TPSA) is 38.3 Å². The molecule has 0 atom stereocenters. The van der Waals surface area contributed by atoms with Gasteiger partial charge in [-0.2, -0.15) is 8.78 Å². The number of allylic oxidation sites excluding steroid dienone is 1. The van der Waals surface area contributed by atoms with Crippen molar-refractivity contribution in [1.29, 1.82) is 0 Å². The fourth-order valence-corrected chi connectivity index (χ4v) is 3.84. The summed E-state index contributed by atoms with van der Waals surface area (Å²) in [5.41, 5.74) is 2.79. The van der Waals surface area contributed by atoms with Crippen molar-refractivity contribution in [3.8, 4) is 5.75 Å². The Morgan fingerprint density at radius 1 is 0.964 bits per heavy atom. The van der Waals surface area contributed by atoms with Crippen LogP contribution in [-0.4, -0.2) is 12.4 Å². The molecule has 3 aromatic rings. The second-order valence-corrected chi connectivity index (χ2v) is 7.13. The molecule has 3 nitrogen and oxygen atoms in total. The first-order valence-electron chi connectivity index (χ1n) is 8.54. The molecule has 1 heterocycles. The Bertz CT molecular complexity index is 1070. The van der Waals surface area contributed by atoms with Gasteiger partial charge in [0.25, 0.3) is 0 Å². The Hall–Kier alpha value is -3.12. The quantitative estimate of drug-likeness (QED) is 0.314. The van der Waals surface area contributed by atoms with Gasteiger partial charge in [0.1, 0.15) is 5.75 Å². The van der Waals surface area contributed by atoms with Crippen molar-refractivity contribution < 1.29 is 18.3 Å². The summed E-state index contributed by atoms with van der Waals surface area (Å²) in [6.45, 7) is -2.92. The van der Waals surface area contributed by atoms with E-state index in [-0.39, 0.29) is 11.5 Å². The van der Waals surface area contributed by atoms with E-state index in [1.54, 1.807) is 42.1 Å². The van der Waals surface area contributed by atoms with Crippen molar-refractivity contribution in [2.75, 3.05) is 5.32 Å². The number of carbonyl (C=O) groups is 1. The van der Waals surface area contributed by atoms with Gasteiger partial charge in [0.15, 0.2) is 5.78 Å². The molecule has 1 N–H and O–H groups in total. The van der Waals surface area contributed by atoms with E-state index in [2.05, 4.69) is 10.1 Å². The van der Waals surface area contributed by atoms with Crippen molar-refractivity contribution in [3.63, 3.8) is 0 Å². The molecule has 4 rings (SSSR count). The molecule has 0 aliphatic carbocycles. The molecule has 0 spiro atoms. The number of ketones is 1. The number of carbonyl (C=O) groups excluding carboxylic acids is 1. The van der Waals surface area contributed by atoms with Crippen LogP contribution in [0.2, 0.25) is 0 Å². The lowest BCUT2D eigenvalue weighted by Gasteiger charge is -2.20. The average Bonchev–Trinajstić information content (AvgIpc) is 2.70. The van der Waals surface area contributed by atoms with Gasteiger partial charge in [-0.05, 0) is 48.6 Å². The molecular formula is C22H15F2NO2S. The Kier molecular flexibility index (Phi) is 5.12. The lowest BCUT2D eigenvalue weighted by Crippen LogP contribution is -2.03. The highest BCUT2D eigenvalue weighted by Gasteiger charge is 2.16. The molecule has 140 valence electrons. The number of alkyl halides is 2. The van der Waals surface area contributed by atoms with Crippen molar-refractivity contribution in [3.05, 3.63) is 83.9 Å². The SMILES string of the molecule is O=C(/C=C/c1ccccc1OC(F)F)c1ccc2c(c1)Nc1ccccc1S2. The van der Waals surface area contributed by atoms with Crippen LogP contribution in [0.15, 0.2) is 82.6 Å². The largest absolute Gasteiger partial charge is 0.434 e. The highest BCUT2D eigenvalue weighted by Crippen LogP contribution is 2.44. The van der Waals surface area contributed by atoms with Crippen LogP contribution in [0.25, 0.3) is 6.08 Å². The third-order valence-electron chi connectivity index (χ3n) is 4.19. The lowest BCUT2D eigenvalue weighted by atomic mass is 10.1. The molecule has 0 saturated carbocycles. The molecule has 0 bridgehead atoms. The van der Waals surface area contributed by atoms with Crippen molar-refractivity contribution in [2.24, 2.45) is 0 Å². The minimum atomic E-state index is -2.92. The molecule has 6 heteroatoms. The van der Waals surface area contributed by atoms with Gasteiger partial charge in [-0.3, -0.25) is 4.79 Å². The summed E-state index contributed by atoms with van der Waals surface area (Å²) >= 11 is 1.64. The summed E-state index contributed by atoms with van der Waals surface area (Å²) in [4.78, 5) is 14.7. The van der Waals surface area contributed by atoms with E-state index in [9.17, 15) is 13.6 Å². The van der Waals surface area contributed by atoms with Gasteiger partial charge in [-0.25, -0.2) is 0 Å². The fourth-order valence-electron chi connectivity index (χ4n) is 2.88. The number of para-hydroxylation sites is 2. The molecule has 0 fully saturated rings. The number of hydrogen-bond donors (Lipinski definition) is 1. The van der Waals surface area contributed by atoms with Gasteiger partial charge in [-0.15, -0.1) is 0 Å². The number of nitrogens with one attached hydrogen (secondary N) is 1. The fraction of sp³-hybridized carbons (Fsp3) is 0.0455. The first-order valence-corrected chi connectivity index (χ1v) is 9.36. The van der Waals surface area contributed by atoms with Crippen LogP contribution in [-0.2, 0) is 0 Å². The van der Waals surface area contributed by atoms with Crippen LogP contribution < -0.4 is 10.1 Å². The first-order chi connectivity index (χ1) is 13.6. The van der Waals surface area contributed by atoms with E-state index in [1.807, 2.05) is 30.3 Å². The molecule has 1 aliphatic heterocycles. The number of fused-ring (bicyclic) bond motifs is 2. The predicted octanol–water partition coefficient (Wildman–Crippen LogP) is 6.39. The standard InChI is InChI=1S/C22H15F2NO2S/c23-22(24)27-19-7-3-1-5-14(19)9-11-18(26)15-10-12-21-17(13-15)25-16-6-2-4-8-20(16)28-21/h1-13,22,25H/b11-9+. The van der Waals surface area contributed by atoms with E-state index in [0.717, 1.165) is 21.2 Å². The normalized spacial score (nSPS) is 12.4. The first kappa shape index (κ1) is 18.3. The van der Waals surface area contributed by atoms with Crippen molar-refractivity contribution in [1.82, 2.24) is 0 Å². The summed E-state index contributed by atoms with van der Waals surface area (Å²) in [7, 11) is 0. The van der Waals surface area contributed by atoms with Gasteiger partial charge in [0.05, 0.1) is 11.4 Å². The lowest BCUT2D eigenvalue weighted by molar-refractivity contribution is -0.0499. The van der Waals surface area contributed by atoms with Crippen LogP contribution in [0, 0.1) is 0 Å². The second-order valence-electron chi connectivity index (χ2n) is 6.05. The van der Waals surface area contributed by atoms with Gasteiger partial charge < -0.3 is 10.1 Å². The molecule has 3 aromatic carbocycles. The second kappa shape index (κ2) is 7.86. The number of ether oxygens (including phenoxy) is 1. The molecule has 0 aromatic heterocycles. The number of benzene rings is 3. The summed E-state index contributed by atoms with van der Waals surface area (Å²) < 4.78 is 29.5. The molecule has 1 aliphatic rings. The Morgan fingerprint density at radius 2 is 1.71 bits per heavy atom. The third-order valence-corrected chi connectivity index (χ3v) is 5.34. The maximum Gasteiger partial charge on any atom is 0.387 e. The van der Waals surface area contributed by atoms with Crippen LogP contribution in [0.3, 0.4) is 0 Å². The maximum absolute atomic E-state index is 12.6. The Labute approximate surface area is 165 Å². The summed E-state index contributed by atoms with van der Waals surface area (Å²) in [6, 6.07) is 19.8. The number of rotatable bonds is 5. The van der Waals surface area contributed by atoms with E-state index < -0.39 is 6.61 Å². The third kappa shape index (κ3) is 3.92. The number of anilines is 2. The summed E-state index contributed by atoms with van der Waals surface area (Å²) in [5, 5.41) is 3.34. The van der Waals surface area contributed by atoms with Gasteiger partial charge in [0, 0.05) is 20.9 Å². The van der Waals surface area contributed by atoms with E-state index in [0.29, 0.717) is 11.1 Å². The highest BCUT2D eigenvalue weighted by molar-refractivity contribution is 7.99.